The average Bonchev–Trinajstić information content (AvgIpc) is 3.12. The predicted octanol–water partition coefficient (Wildman–Crippen LogP) is 0.688. The van der Waals surface area contributed by atoms with E-state index >= 15 is 0 Å². The Morgan fingerprint density at radius 3 is 2.87 bits per heavy atom. The van der Waals surface area contributed by atoms with Gasteiger partial charge in [0.05, 0.1) is 6.26 Å². The summed E-state index contributed by atoms with van der Waals surface area (Å²) in [5.41, 5.74) is 2.64. The Bertz CT molecular complexity index is 698. The molecule has 1 saturated heterocycles. The van der Waals surface area contributed by atoms with Gasteiger partial charge in [-0.2, -0.15) is 5.10 Å². The highest BCUT2D eigenvalue weighted by atomic mass is 32.2. The van der Waals surface area contributed by atoms with Gasteiger partial charge in [0.15, 0.2) is 5.69 Å². The molecule has 1 fully saturated rings. The highest BCUT2D eigenvalue weighted by Gasteiger charge is 2.38. The molecular weight excluding hydrogens is 316 g/mol. The van der Waals surface area contributed by atoms with E-state index in [4.69, 9.17) is 0 Å². The number of hydrogen-bond acceptors (Lipinski definition) is 4. The molecule has 1 aliphatic heterocycles. The zero-order chi connectivity index (χ0) is 16.6. The normalized spacial score (nSPS) is 24.2. The molecule has 23 heavy (non-hydrogen) atoms. The number of nitrogens with zero attached hydrogens (tertiary/aromatic N) is 2. The van der Waals surface area contributed by atoms with Gasteiger partial charge in [0, 0.05) is 30.4 Å². The lowest BCUT2D eigenvalue weighted by Crippen LogP contribution is -2.40. The van der Waals surface area contributed by atoms with Gasteiger partial charge in [-0.15, -0.1) is 0 Å². The first-order valence-corrected chi connectivity index (χ1v) is 10.1. The Kier molecular flexibility index (Phi) is 4.46. The number of nitrogens with one attached hydrogen (secondary N) is 2. The molecule has 0 unspecified atom stereocenters. The number of amides is 1. The molecule has 2 aliphatic rings. The van der Waals surface area contributed by atoms with Gasteiger partial charge in [-0.05, 0) is 31.6 Å². The molecule has 0 radical (unpaired) electrons. The molecule has 0 aromatic carbocycles. The molecule has 2 atom stereocenters. The van der Waals surface area contributed by atoms with Crippen molar-refractivity contribution in [2.75, 3.05) is 19.3 Å². The molecule has 8 heteroatoms. The van der Waals surface area contributed by atoms with E-state index in [1.807, 2.05) is 0 Å². The topological polar surface area (TPSA) is 95.2 Å². The van der Waals surface area contributed by atoms with Gasteiger partial charge >= 0.3 is 0 Å². The van der Waals surface area contributed by atoms with Crippen LogP contribution in [0.5, 0.6) is 0 Å². The zero-order valence-electron chi connectivity index (χ0n) is 13.6. The maximum atomic E-state index is 12.8. The van der Waals surface area contributed by atoms with Crippen LogP contribution >= 0.6 is 0 Å². The van der Waals surface area contributed by atoms with E-state index in [0.29, 0.717) is 18.8 Å². The summed E-state index contributed by atoms with van der Waals surface area (Å²) in [4.78, 5) is 14.5. The van der Waals surface area contributed by atoms with Crippen LogP contribution < -0.4 is 4.72 Å². The number of aromatic nitrogens is 2. The number of hydrogen-bond donors (Lipinski definition) is 2. The number of carbonyl (C=O) groups excluding carboxylic acids is 1. The minimum absolute atomic E-state index is 0.0803. The van der Waals surface area contributed by atoms with Crippen LogP contribution in [0.3, 0.4) is 0 Å². The SMILES string of the molecule is CCC[C@@H]1CN(C(=O)c2n[nH]c3c2CCC3)C[C@H]1NS(C)(=O)=O. The number of rotatable bonds is 5. The third-order valence-electron chi connectivity index (χ3n) is 4.76. The van der Waals surface area contributed by atoms with E-state index in [0.717, 1.165) is 43.4 Å². The summed E-state index contributed by atoms with van der Waals surface area (Å²) in [6.45, 7) is 3.07. The van der Waals surface area contributed by atoms with Gasteiger partial charge in [0.2, 0.25) is 10.0 Å². The molecule has 0 saturated carbocycles. The lowest BCUT2D eigenvalue weighted by Gasteiger charge is -2.17. The van der Waals surface area contributed by atoms with Crippen molar-refractivity contribution in [2.24, 2.45) is 5.92 Å². The number of carbonyl (C=O) groups is 1. The molecule has 128 valence electrons. The molecule has 1 aliphatic carbocycles. The molecule has 7 nitrogen and oxygen atoms in total. The van der Waals surface area contributed by atoms with Crippen molar-refractivity contribution in [3.05, 3.63) is 17.0 Å². The third-order valence-corrected chi connectivity index (χ3v) is 5.49. The maximum absolute atomic E-state index is 12.8. The summed E-state index contributed by atoms with van der Waals surface area (Å²) in [7, 11) is -3.28. The fourth-order valence-electron chi connectivity index (χ4n) is 3.75. The van der Waals surface area contributed by atoms with Crippen LogP contribution in [-0.4, -0.2) is 54.8 Å². The average molecular weight is 340 g/mol. The first kappa shape index (κ1) is 16.4. The molecule has 2 heterocycles. The second kappa shape index (κ2) is 6.24. The van der Waals surface area contributed by atoms with Gasteiger partial charge < -0.3 is 4.90 Å². The Morgan fingerprint density at radius 2 is 2.17 bits per heavy atom. The van der Waals surface area contributed by atoms with Crippen LogP contribution in [0.1, 0.15) is 47.9 Å². The first-order valence-electron chi connectivity index (χ1n) is 8.21. The maximum Gasteiger partial charge on any atom is 0.274 e. The number of aromatic amines is 1. The summed E-state index contributed by atoms with van der Waals surface area (Å²) in [5, 5.41) is 7.17. The van der Waals surface area contributed by atoms with Crippen molar-refractivity contribution in [1.29, 1.82) is 0 Å². The molecule has 1 aromatic rings. The molecule has 0 bridgehead atoms. The minimum atomic E-state index is -3.28. The summed E-state index contributed by atoms with van der Waals surface area (Å²) < 4.78 is 25.8. The van der Waals surface area contributed by atoms with E-state index in [2.05, 4.69) is 21.8 Å². The Morgan fingerprint density at radius 1 is 1.39 bits per heavy atom. The van der Waals surface area contributed by atoms with Crippen molar-refractivity contribution in [2.45, 2.75) is 45.1 Å². The monoisotopic (exact) mass is 340 g/mol. The molecular formula is C15H24N4O3S. The summed E-state index contributed by atoms with van der Waals surface area (Å²) in [6.07, 6.45) is 5.93. The van der Waals surface area contributed by atoms with Crippen LogP contribution in [0, 0.1) is 5.92 Å². The van der Waals surface area contributed by atoms with Crippen molar-refractivity contribution < 1.29 is 13.2 Å². The number of aryl methyl sites for hydroxylation is 1. The predicted molar refractivity (Wildman–Crippen MR) is 86.7 cm³/mol. The first-order chi connectivity index (χ1) is 10.9. The number of fused-ring (bicyclic) bond motifs is 1. The van der Waals surface area contributed by atoms with E-state index in [9.17, 15) is 13.2 Å². The minimum Gasteiger partial charge on any atom is -0.335 e. The lowest BCUT2D eigenvalue weighted by molar-refractivity contribution is 0.0778. The molecule has 3 rings (SSSR count). The van der Waals surface area contributed by atoms with Crippen LogP contribution in [0.15, 0.2) is 0 Å². The number of H-pyrrole nitrogens is 1. The van der Waals surface area contributed by atoms with Crippen LogP contribution in [-0.2, 0) is 22.9 Å². The third kappa shape index (κ3) is 3.42. The van der Waals surface area contributed by atoms with E-state index in [1.165, 1.54) is 6.26 Å². The second-order valence-corrected chi connectivity index (χ2v) is 8.42. The summed E-state index contributed by atoms with van der Waals surface area (Å²) in [6, 6.07) is -0.208. The highest BCUT2D eigenvalue weighted by Crippen LogP contribution is 2.27. The summed E-state index contributed by atoms with van der Waals surface area (Å²) >= 11 is 0. The second-order valence-electron chi connectivity index (χ2n) is 6.64. The van der Waals surface area contributed by atoms with Crippen molar-refractivity contribution in [3.63, 3.8) is 0 Å². The summed E-state index contributed by atoms with van der Waals surface area (Å²) in [5.74, 6) is 0.0777. The van der Waals surface area contributed by atoms with E-state index < -0.39 is 10.0 Å². The number of sulfonamides is 1. The number of likely N-dealkylation sites (tertiary alicyclic amines) is 1. The van der Waals surface area contributed by atoms with Crippen LogP contribution in [0.25, 0.3) is 0 Å². The van der Waals surface area contributed by atoms with Gasteiger partial charge in [0.25, 0.3) is 5.91 Å². The molecule has 1 aromatic heterocycles. The van der Waals surface area contributed by atoms with Gasteiger partial charge in [-0.25, -0.2) is 13.1 Å². The zero-order valence-corrected chi connectivity index (χ0v) is 14.4. The largest absolute Gasteiger partial charge is 0.335 e. The lowest BCUT2D eigenvalue weighted by atomic mass is 9.99. The smallest absolute Gasteiger partial charge is 0.274 e. The Balaban J connectivity index is 1.76. The standard InChI is InChI=1S/C15H24N4O3S/c1-3-5-10-8-19(9-13(10)18-23(2,21)22)15(20)14-11-6-4-7-12(11)16-17-14/h10,13,18H,3-9H2,1-2H3,(H,16,17)/t10-,13-/m1/s1. The van der Waals surface area contributed by atoms with E-state index in [-0.39, 0.29) is 17.9 Å². The van der Waals surface area contributed by atoms with Gasteiger partial charge in [-0.1, -0.05) is 13.3 Å². The van der Waals surface area contributed by atoms with Gasteiger partial charge in [-0.3, -0.25) is 9.89 Å². The van der Waals surface area contributed by atoms with E-state index in [1.54, 1.807) is 4.90 Å². The van der Waals surface area contributed by atoms with Crippen LogP contribution in [0.2, 0.25) is 0 Å². The Hall–Kier alpha value is -1.41. The van der Waals surface area contributed by atoms with Crippen molar-refractivity contribution in [1.82, 2.24) is 19.8 Å². The van der Waals surface area contributed by atoms with Gasteiger partial charge in [0.1, 0.15) is 0 Å². The molecule has 1 amide bonds. The molecule has 2 N–H and O–H groups in total. The highest BCUT2D eigenvalue weighted by molar-refractivity contribution is 7.88. The van der Waals surface area contributed by atoms with Crippen molar-refractivity contribution in [3.8, 4) is 0 Å². The quantitative estimate of drug-likeness (QED) is 0.824. The fourth-order valence-corrected chi connectivity index (χ4v) is 4.57. The molecule has 0 spiro atoms. The van der Waals surface area contributed by atoms with Crippen LogP contribution in [0.4, 0.5) is 0 Å². The van der Waals surface area contributed by atoms with Crippen molar-refractivity contribution >= 4 is 15.9 Å². The Labute approximate surface area is 136 Å². The fraction of sp³-hybridized carbons (Fsp3) is 0.733.